The molecule has 3 aliphatic carbocycles. The summed E-state index contributed by atoms with van der Waals surface area (Å²) in [6.07, 6.45) is 17.0. The maximum Gasteiger partial charge on any atom is 0.330 e. The van der Waals surface area contributed by atoms with E-state index in [0.29, 0.717) is 165 Å². The van der Waals surface area contributed by atoms with Crippen LogP contribution in [0.1, 0.15) is 145 Å². The maximum absolute atomic E-state index is 13.8. The second-order valence-electron chi connectivity index (χ2n) is 27.1. The Labute approximate surface area is 634 Å². The number of benzene rings is 6. The molecule has 0 unspecified atom stereocenters. The quantitative estimate of drug-likeness (QED) is 0.0117. The summed E-state index contributed by atoms with van der Waals surface area (Å²) >= 11 is 1.35. The first-order chi connectivity index (χ1) is 52.4. The van der Waals surface area contributed by atoms with E-state index in [1.807, 2.05) is 56.3 Å². The van der Waals surface area contributed by atoms with Crippen LogP contribution < -0.4 is 37.9 Å². The molecule has 7 aromatic rings. The number of hydrogen-bond acceptors (Lipinski definition) is 22. The number of esters is 9. The highest BCUT2D eigenvalue weighted by molar-refractivity contribution is 7.22. The highest BCUT2D eigenvalue weighted by atomic mass is 32.1. The summed E-state index contributed by atoms with van der Waals surface area (Å²) < 4.78 is 61.7. The third-order valence-electron chi connectivity index (χ3n) is 19.0. The number of aromatic nitrogens is 1. The first-order valence-corrected chi connectivity index (χ1v) is 38.0. The molecule has 3 fully saturated rings. The normalized spacial score (nSPS) is 17.3. The minimum Gasteiger partial charge on any atom is -0.494 e. The summed E-state index contributed by atoms with van der Waals surface area (Å²) in [6.45, 7) is 16.2. The molecule has 21 nitrogen and oxygen atoms in total. The van der Waals surface area contributed by atoms with Crippen LogP contribution in [0.15, 0.2) is 171 Å². The number of rotatable bonds is 35. The molecule has 0 N–H and O–H groups in total. The lowest BCUT2D eigenvalue weighted by Gasteiger charge is -2.26. The Morgan fingerprint density at radius 3 is 1.08 bits per heavy atom. The van der Waals surface area contributed by atoms with Crippen molar-refractivity contribution in [2.24, 2.45) is 35.5 Å². The molecule has 0 atom stereocenters. The molecular weight excluding hydrogens is 1400 g/mol. The first kappa shape index (κ1) is 81.3. The van der Waals surface area contributed by atoms with E-state index >= 15 is 0 Å². The molecule has 0 amide bonds. The van der Waals surface area contributed by atoms with Gasteiger partial charge in [-0.15, -0.1) is 11.3 Å². The van der Waals surface area contributed by atoms with Gasteiger partial charge in [0.25, 0.3) is 0 Å². The fraction of sp³-hybridized carbons (Fsp3) is 0.395. The zero-order valence-corrected chi connectivity index (χ0v) is 62.2. The van der Waals surface area contributed by atoms with Gasteiger partial charge in [-0.1, -0.05) is 67.3 Å². The Morgan fingerprint density at radius 2 is 0.694 bits per heavy atom. The molecule has 570 valence electrons. The zero-order valence-electron chi connectivity index (χ0n) is 61.4. The fourth-order valence-corrected chi connectivity index (χ4v) is 13.9. The second-order valence-corrected chi connectivity index (χ2v) is 28.1. The van der Waals surface area contributed by atoms with E-state index in [-0.39, 0.29) is 59.9 Å². The molecule has 6 aromatic carbocycles. The monoisotopic (exact) mass is 1490 g/mol. The number of para-hydroxylation sites is 1. The molecule has 1 heterocycles. The van der Waals surface area contributed by atoms with E-state index in [9.17, 15) is 43.2 Å². The number of nitrogens with zero attached hydrogens (tertiary/aromatic N) is 1. The van der Waals surface area contributed by atoms with Crippen molar-refractivity contribution in [2.45, 2.75) is 149 Å². The number of ether oxygens (including phenoxy) is 11. The van der Waals surface area contributed by atoms with Crippen LogP contribution in [0.2, 0.25) is 0 Å². The summed E-state index contributed by atoms with van der Waals surface area (Å²) in [7, 11) is 0. The molecule has 3 aliphatic rings. The highest BCUT2D eigenvalue weighted by Crippen LogP contribution is 2.43. The lowest BCUT2D eigenvalue weighted by Crippen LogP contribution is -2.30. The predicted octanol–water partition coefficient (Wildman–Crippen LogP) is 16.8. The molecule has 0 spiro atoms. The molecule has 1 aromatic heterocycles. The lowest BCUT2D eigenvalue weighted by atomic mass is 9.82. The van der Waals surface area contributed by atoms with E-state index in [1.54, 1.807) is 84.9 Å². The van der Waals surface area contributed by atoms with Crippen molar-refractivity contribution in [3.05, 3.63) is 188 Å². The molecule has 108 heavy (non-hydrogen) atoms. The van der Waals surface area contributed by atoms with Crippen molar-refractivity contribution in [1.29, 1.82) is 0 Å². The van der Waals surface area contributed by atoms with Gasteiger partial charge in [0, 0.05) is 30.2 Å². The van der Waals surface area contributed by atoms with Crippen LogP contribution in [0.3, 0.4) is 0 Å². The summed E-state index contributed by atoms with van der Waals surface area (Å²) in [4.78, 5) is 117. The van der Waals surface area contributed by atoms with Gasteiger partial charge in [-0.05, 0) is 245 Å². The average molecular weight is 1490 g/mol. The van der Waals surface area contributed by atoms with Crippen LogP contribution in [-0.2, 0) is 63.8 Å². The van der Waals surface area contributed by atoms with Crippen molar-refractivity contribution >= 4 is 75.3 Å². The van der Waals surface area contributed by atoms with Gasteiger partial charge < -0.3 is 52.1 Å². The van der Waals surface area contributed by atoms with E-state index < -0.39 is 41.7 Å². The number of unbranched alkanes of at least 4 members (excludes halogenated alkanes) is 6. The molecule has 10 rings (SSSR count). The fourth-order valence-electron chi connectivity index (χ4n) is 12.9. The Kier molecular flexibility index (Phi) is 32.1. The third kappa shape index (κ3) is 26.0. The van der Waals surface area contributed by atoms with Gasteiger partial charge in [0.15, 0.2) is 11.5 Å². The Morgan fingerprint density at radius 1 is 0.370 bits per heavy atom. The smallest absolute Gasteiger partial charge is 0.330 e. The second kappa shape index (κ2) is 42.6. The van der Waals surface area contributed by atoms with Gasteiger partial charge in [-0.25, -0.2) is 19.4 Å². The van der Waals surface area contributed by atoms with Gasteiger partial charge in [0.2, 0.25) is 0 Å². The molecule has 0 radical (unpaired) electrons. The van der Waals surface area contributed by atoms with Crippen molar-refractivity contribution in [2.75, 3.05) is 33.0 Å². The van der Waals surface area contributed by atoms with Crippen molar-refractivity contribution in [3.8, 4) is 56.6 Å². The molecular formula is C86H95NO20S. The molecule has 3 saturated carbocycles. The number of hydrogen-bond donors (Lipinski definition) is 0. The van der Waals surface area contributed by atoms with Gasteiger partial charge >= 0.3 is 53.7 Å². The molecule has 0 saturated heterocycles. The summed E-state index contributed by atoms with van der Waals surface area (Å²) in [6, 6.07) is 39.4. The Bertz CT molecular complexity index is 4000. The predicted molar refractivity (Wildman–Crippen MR) is 406 cm³/mol. The summed E-state index contributed by atoms with van der Waals surface area (Å²) in [5, 5.41) is 0.679. The van der Waals surface area contributed by atoms with E-state index in [1.165, 1.54) is 11.3 Å². The van der Waals surface area contributed by atoms with E-state index in [0.717, 1.165) is 91.8 Å². The third-order valence-corrected chi connectivity index (χ3v) is 20.1. The number of aryl methyl sites for hydroxylation is 2. The lowest BCUT2D eigenvalue weighted by molar-refractivity contribution is -0.145. The van der Waals surface area contributed by atoms with Crippen LogP contribution in [0, 0.1) is 49.4 Å². The Balaban J connectivity index is 0.000000360. The van der Waals surface area contributed by atoms with Gasteiger partial charge in [-0.3, -0.25) is 28.8 Å². The molecule has 0 aliphatic heterocycles. The minimum atomic E-state index is -0.450. The number of carbonyl (C=O) groups is 9. The summed E-state index contributed by atoms with van der Waals surface area (Å²) in [5.41, 5.74) is 4.38. The maximum atomic E-state index is 13.8. The van der Waals surface area contributed by atoms with Crippen molar-refractivity contribution in [3.63, 3.8) is 0 Å². The largest absolute Gasteiger partial charge is 0.494 e. The zero-order chi connectivity index (χ0) is 76.6. The van der Waals surface area contributed by atoms with E-state index in [2.05, 4.69) is 25.8 Å². The van der Waals surface area contributed by atoms with Crippen molar-refractivity contribution in [1.82, 2.24) is 4.98 Å². The van der Waals surface area contributed by atoms with Gasteiger partial charge in [-0.2, -0.15) is 0 Å². The topological polar surface area (TPSA) is 268 Å². The van der Waals surface area contributed by atoms with Crippen LogP contribution >= 0.6 is 11.3 Å². The number of carbonyl (C=O) groups excluding carboxylic acids is 9. The number of fused-ring (bicyclic) bond motifs is 1. The van der Waals surface area contributed by atoms with Crippen LogP contribution in [0.25, 0.3) is 20.8 Å². The summed E-state index contributed by atoms with van der Waals surface area (Å²) in [5.74, 6) is -1.59. The average Bonchev–Trinajstić information content (AvgIpc) is 1.63. The highest BCUT2D eigenvalue weighted by Gasteiger charge is 2.36. The van der Waals surface area contributed by atoms with Crippen LogP contribution in [0.5, 0.6) is 46.0 Å². The molecule has 22 heteroatoms. The standard InChI is InChI=1S/C61H69NO14S.C25H26O6/c1-5-53(63)71-35-13-9-7-11-33-69-47-23-27-49(28-24-47)73-58(65)42-15-19-44(20-16-42)60(67)75-51-31-32-52(56-55(51)62-57(77-56)46-38-40(3)37-41(4)39-46)76-61(68)45-21-17-43(18-22-45)59(66)74-50-29-25-48(26-30-50)70-34-12-8-10-14-36-72-54(64)6-2;1-2-23(26)29-17-16-18-8-14-22(15-9-18)31-25(28)20-12-10-19(11-13-20)24(27)30-21-6-4-3-5-7-21/h5-6,23-32,37-39,42-45H,1-2,7-22,33-36H2,3-4H3;2-9,14-15,19-20H,1,10-13,16-17H2. The first-order valence-electron chi connectivity index (χ1n) is 37.2. The minimum absolute atomic E-state index is 0.196. The van der Waals surface area contributed by atoms with E-state index in [4.69, 9.17) is 57.1 Å². The SMILES string of the molecule is C=CC(=O)OCCCCCCOc1ccc(OC(=O)C2CCC(C(=O)Oc3ccc(OC(=O)C4CCC(C(=O)Oc5ccc(OCCCCCCOC(=O)C=C)cc5)CC4)c4sc(-c5cc(C)cc(C)c5)nc34)CC2)cc1.C=CC(=O)OCCc1ccc(OC(=O)C2CCC(C(=O)Oc3ccccc3)CC2)cc1. The van der Waals surface area contributed by atoms with Crippen molar-refractivity contribution < 1.29 is 95.3 Å². The Hall–Kier alpha value is -10.7. The molecule has 0 bridgehead atoms. The van der Waals surface area contributed by atoms with Gasteiger partial charge in [0.05, 0.1) is 68.5 Å². The van der Waals surface area contributed by atoms with Crippen LogP contribution in [-0.4, -0.2) is 91.7 Å². The van der Waals surface area contributed by atoms with Gasteiger partial charge in [0.1, 0.15) is 49.7 Å². The number of thiazole rings is 1. The van der Waals surface area contributed by atoms with Crippen LogP contribution in [0.4, 0.5) is 0 Å².